The number of carbonyl (C=O) groups excluding carboxylic acids is 1. The molecular formula is C28H31ClN8O3. The lowest BCUT2D eigenvalue weighted by molar-refractivity contribution is -0.126. The van der Waals surface area contributed by atoms with Crippen LogP contribution in [0.3, 0.4) is 0 Å². The average Bonchev–Trinajstić information content (AvgIpc) is 3.62. The van der Waals surface area contributed by atoms with Gasteiger partial charge in [-0.2, -0.15) is 15.1 Å². The Kier molecular flexibility index (Phi) is 7.16. The number of halogens is 1. The molecule has 2 aliphatic rings. The molecule has 11 nitrogen and oxygen atoms in total. The number of aromatic amines is 1. The van der Waals surface area contributed by atoms with Crippen molar-refractivity contribution < 1.29 is 14.3 Å². The first-order valence-electron chi connectivity index (χ1n) is 13.4. The molecule has 2 saturated heterocycles. The number of nitrogens with one attached hydrogen (secondary N) is 1. The van der Waals surface area contributed by atoms with Gasteiger partial charge in [-0.3, -0.25) is 9.89 Å². The molecule has 208 valence electrons. The highest BCUT2D eigenvalue weighted by atomic mass is 35.5. The average molecular weight is 563 g/mol. The number of H-pyrrole nitrogens is 1. The lowest BCUT2D eigenvalue weighted by Gasteiger charge is -2.35. The highest BCUT2D eigenvalue weighted by Gasteiger charge is 2.26. The number of likely N-dealkylation sites (tertiary alicyclic amines) is 1. The molecule has 0 saturated carbocycles. The molecule has 0 aliphatic carbocycles. The van der Waals surface area contributed by atoms with Gasteiger partial charge in [0.05, 0.1) is 22.5 Å². The fourth-order valence-corrected chi connectivity index (χ4v) is 5.56. The lowest BCUT2D eigenvalue weighted by Crippen LogP contribution is -2.48. The summed E-state index contributed by atoms with van der Waals surface area (Å²) in [4.78, 5) is 32.6. The van der Waals surface area contributed by atoms with E-state index in [1.807, 2.05) is 19.1 Å². The topological polar surface area (TPSA) is 113 Å². The molecule has 3 aromatic heterocycles. The first kappa shape index (κ1) is 26.3. The van der Waals surface area contributed by atoms with Gasteiger partial charge in [0.2, 0.25) is 11.8 Å². The summed E-state index contributed by atoms with van der Waals surface area (Å²) in [6.07, 6.45) is 6.96. The number of likely N-dealkylation sites (N-methyl/N-ethyl adjacent to an activating group) is 1. The number of fused-ring (bicyclic) bond motifs is 2. The van der Waals surface area contributed by atoms with E-state index in [-0.39, 0.29) is 11.9 Å². The predicted molar refractivity (Wildman–Crippen MR) is 153 cm³/mol. The largest absolute Gasteiger partial charge is 0.462 e. The van der Waals surface area contributed by atoms with Gasteiger partial charge in [-0.25, -0.2) is 4.98 Å². The van der Waals surface area contributed by atoms with Crippen LogP contribution in [0, 0.1) is 6.92 Å². The minimum Gasteiger partial charge on any atom is -0.462 e. The van der Waals surface area contributed by atoms with Crippen molar-refractivity contribution in [1.29, 1.82) is 0 Å². The summed E-state index contributed by atoms with van der Waals surface area (Å²) in [5, 5.41) is 9.23. The fourth-order valence-electron chi connectivity index (χ4n) is 5.36. The van der Waals surface area contributed by atoms with E-state index in [4.69, 9.17) is 31.0 Å². The zero-order valence-electron chi connectivity index (χ0n) is 22.6. The summed E-state index contributed by atoms with van der Waals surface area (Å²) in [6, 6.07) is 4.28. The summed E-state index contributed by atoms with van der Waals surface area (Å²) in [5.41, 5.74) is 2.06. The van der Waals surface area contributed by atoms with E-state index in [2.05, 4.69) is 38.6 Å². The zero-order valence-corrected chi connectivity index (χ0v) is 23.3. The summed E-state index contributed by atoms with van der Waals surface area (Å²) in [6.45, 7) is 9.39. The van der Waals surface area contributed by atoms with Crippen molar-refractivity contribution in [2.45, 2.75) is 25.8 Å². The van der Waals surface area contributed by atoms with E-state index in [0.717, 1.165) is 41.2 Å². The predicted octanol–water partition coefficient (Wildman–Crippen LogP) is 3.96. The molecule has 1 amide bonds. The van der Waals surface area contributed by atoms with Gasteiger partial charge in [-0.15, -0.1) is 0 Å². The van der Waals surface area contributed by atoms with Crippen molar-refractivity contribution in [2.75, 3.05) is 51.3 Å². The maximum Gasteiger partial charge on any atom is 0.319 e. The van der Waals surface area contributed by atoms with Crippen LogP contribution in [0.2, 0.25) is 5.02 Å². The van der Waals surface area contributed by atoms with Gasteiger partial charge in [0.15, 0.2) is 0 Å². The normalized spacial score (nSPS) is 18.0. The molecule has 1 N–H and O–H groups in total. The Morgan fingerprint density at radius 1 is 1.23 bits per heavy atom. The SMILES string of the molecule is C=CC(=O)N1CCN(c2nc(OCC3CCCN3C)nc3c(Oc4c(C)c(Cl)cc5[nH]ncc45)nccc23)CC1. The molecule has 0 spiro atoms. The molecule has 40 heavy (non-hydrogen) atoms. The fraction of sp³-hybridized carbons (Fsp3) is 0.393. The van der Waals surface area contributed by atoms with E-state index < -0.39 is 0 Å². The number of rotatable bonds is 7. The molecule has 1 atom stereocenters. The van der Waals surface area contributed by atoms with Gasteiger partial charge in [0.1, 0.15) is 23.7 Å². The first-order valence-corrected chi connectivity index (χ1v) is 13.8. The van der Waals surface area contributed by atoms with Crippen molar-refractivity contribution >= 4 is 45.1 Å². The van der Waals surface area contributed by atoms with Crippen LogP contribution in [0.4, 0.5) is 5.82 Å². The van der Waals surface area contributed by atoms with Gasteiger partial charge in [0, 0.05) is 49.0 Å². The quantitative estimate of drug-likeness (QED) is 0.334. The van der Waals surface area contributed by atoms with E-state index >= 15 is 0 Å². The third kappa shape index (κ3) is 4.90. The van der Waals surface area contributed by atoms with Crippen LogP contribution in [0.1, 0.15) is 18.4 Å². The maximum absolute atomic E-state index is 12.2. The lowest BCUT2D eigenvalue weighted by atomic mass is 10.1. The molecule has 2 fully saturated rings. The number of ether oxygens (including phenoxy) is 2. The van der Waals surface area contributed by atoms with Crippen LogP contribution < -0.4 is 14.4 Å². The van der Waals surface area contributed by atoms with E-state index in [1.54, 1.807) is 17.3 Å². The van der Waals surface area contributed by atoms with Crippen LogP contribution in [-0.2, 0) is 4.79 Å². The number of anilines is 1. The number of hydrogen-bond donors (Lipinski definition) is 1. The van der Waals surface area contributed by atoms with Crippen LogP contribution in [0.25, 0.3) is 21.8 Å². The molecule has 1 aromatic carbocycles. The van der Waals surface area contributed by atoms with Gasteiger partial charge >= 0.3 is 6.01 Å². The van der Waals surface area contributed by atoms with Crippen molar-refractivity contribution in [2.24, 2.45) is 0 Å². The van der Waals surface area contributed by atoms with E-state index in [1.165, 1.54) is 6.08 Å². The molecule has 12 heteroatoms. The summed E-state index contributed by atoms with van der Waals surface area (Å²) in [5.74, 6) is 1.52. The second-order valence-electron chi connectivity index (χ2n) is 10.2. The monoisotopic (exact) mass is 562 g/mol. The van der Waals surface area contributed by atoms with E-state index in [9.17, 15) is 4.79 Å². The molecule has 0 bridgehead atoms. The van der Waals surface area contributed by atoms with Gasteiger partial charge in [0.25, 0.3) is 0 Å². The third-order valence-corrected chi connectivity index (χ3v) is 8.16. The zero-order chi connectivity index (χ0) is 27.8. The Labute approximate surface area is 236 Å². The van der Waals surface area contributed by atoms with Crippen molar-refractivity contribution in [1.82, 2.24) is 34.9 Å². The number of aromatic nitrogens is 5. The molecule has 4 aromatic rings. The standard InChI is InChI=1S/C28H31ClN8O3/c1-4-23(38)36-10-12-37(13-11-36)26-19-7-8-30-27(40-25-17(2)21(29)14-22-20(25)15-31-34-22)24(19)32-28(33-26)39-16-18-6-5-9-35(18)3/h4,7-8,14-15,18H,1,5-6,9-13,16H2,2-3H3,(H,31,34). The molecule has 1 unspecified atom stereocenters. The van der Waals surface area contributed by atoms with Crippen molar-refractivity contribution in [3.8, 4) is 17.6 Å². The molecule has 2 aliphatic heterocycles. The first-order chi connectivity index (χ1) is 19.4. The van der Waals surface area contributed by atoms with Gasteiger partial charge < -0.3 is 24.2 Å². The van der Waals surface area contributed by atoms with Crippen molar-refractivity contribution in [3.05, 3.63) is 47.8 Å². The highest BCUT2D eigenvalue weighted by molar-refractivity contribution is 6.32. The van der Waals surface area contributed by atoms with Gasteiger partial charge in [-0.05, 0) is 51.6 Å². The van der Waals surface area contributed by atoms with E-state index in [0.29, 0.717) is 66.8 Å². The number of benzene rings is 1. The Hall–Kier alpha value is -3.96. The minimum absolute atomic E-state index is 0.0701. The Bertz CT molecular complexity index is 1580. The maximum atomic E-state index is 12.2. The number of piperazine rings is 1. The Balaban J connectivity index is 1.40. The second kappa shape index (κ2) is 10.9. The Morgan fingerprint density at radius 2 is 2.05 bits per heavy atom. The van der Waals surface area contributed by atoms with Crippen LogP contribution in [-0.4, -0.2) is 93.3 Å². The van der Waals surface area contributed by atoms with Crippen molar-refractivity contribution in [3.63, 3.8) is 0 Å². The highest BCUT2D eigenvalue weighted by Crippen LogP contribution is 2.39. The molecule has 6 rings (SSSR count). The Morgan fingerprint density at radius 3 is 2.80 bits per heavy atom. The summed E-state index contributed by atoms with van der Waals surface area (Å²) in [7, 11) is 2.11. The second-order valence-corrected chi connectivity index (χ2v) is 10.6. The van der Waals surface area contributed by atoms with Crippen LogP contribution in [0.5, 0.6) is 17.6 Å². The molecule has 5 heterocycles. The summed E-state index contributed by atoms with van der Waals surface area (Å²) >= 11 is 6.51. The number of amides is 1. The smallest absolute Gasteiger partial charge is 0.319 e. The number of hydrogen-bond acceptors (Lipinski definition) is 9. The van der Waals surface area contributed by atoms with Crippen LogP contribution in [0.15, 0.2) is 37.2 Å². The number of pyridine rings is 1. The molecular weight excluding hydrogens is 532 g/mol. The van der Waals surface area contributed by atoms with Crippen LogP contribution >= 0.6 is 11.6 Å². The summed E-state index contributed by atoms with van der Waals surface area (Å²) < 4.78 is 12.6. The minimum atomic E-state index is -0.0701. The number of nitrogens with zero attached hydrogens (tertiary/aromatic N) is 7. The molecule has 0 radical (unpaired) electrons. The number of carbonyl (C=O) groups is 1. The van der Waals surface area contributed by atoms with Gasteiger partial charge in [-0.1, -0.05) is 18.2 Å². The third-order valence-electron chi connectivity index (χ3n) is 7.76.